The van der Waals surface area contributed by atoms with Crippen LogP contribution in [0.3, 0.4) is 0 Å². The molecule has 4 rings (SSSR count). The SMILES string of the molecule is CCN1CCN(c2nc(-c3ccc(C)nc3)cc3ccccc23)CC1.Cl.Cl. The molecule has 0 bridgehead atoms. The maximum absolute atomic E-state index is 5.04. The Balaban J connectivity index is 0.00000131. The van der Waals surface area contributed by atoms with Gasteiger partial charge in [-0.05, 0) is 37.1 Å². The largest absolute Gasteiger partial charge is 0.354 e. The summed E-state index contributed by atoms with van der Waals surface area (Å²) in [6.45, 7) is 9.62. The lowest BCUT2D eigenvalue weighted by atomic mass is 10.1. The quantitative estimate of drug-likeness (QED) is 0.638. The first-order valence-electron chi connectivity index (χ1n) is 9.04. The van der Waals surface area contributed by atoms with Crippen molar-refractivity contribution < 1.29 is 0 Å². The highest BCUT2D eigenvalue weighted by Crippen LogP contribution is 2.30. The maximum Gasteiger partial charge on any atom is 0.137 e. The number of halogens is 2. The van der Waals surface area contributed by atoms with Crippen LogP contribution >= 0.6 is 24.8 Å². The minimum atomic E-state index is 0. The highest BCUT2D eigenvalue weighted by molar-refractivity contribution is 5.95. The number of fused-ring (bicyclic) bond motifs is 1. The van der Waals surface area contributed by atoms with E-state index in [9.17, 15) is 0 Å². The van der Waals surface area contributed by atoms with Crippen LogP contribution in [0.25, 0.3) is 22.0 Å². The van der Waals surface area contributed by atoms with Crippen molar-refractivity contribution in [2.24, 2.45) is 0 Å². The summed E-state index contributed by atoms with van der Waals surface area (Å²) < 4.78 is 0. The van der Waals surface area contributed by atoms with Crippen molar-refractivity contribution in [3.63, 3.8) is 0 Å². The molecule has 0 saturated carbocycles. The maximum atomic E-state index is 5.04. The average molecular weight is 405 g/mol. The Morgan fingerprint density at radius 3 is 2.37 bits per heavy atom. The van der Waals surface area contributed by atoms with E-state index in [-0.39, 0.29) is 24.8 Å². The molecule has 1 aliphatic rings. The normalized spacial score (nSPS) is 14.5. The van der Waals surface area contributed by atoms with Gasteiger partial charge in [0.05, 0.1) is 5.69 Å². The molecular formula is C21H26Cl2N4. The van der Waals surface area contributed by atoms with E-state index in [1.807, 2.05) is 19.2 Å². The fourth-order valence-electron chi connectivity index (χ4n) is 3.46. The lowest BCUT2D eigenvalue weighted by molar-refractivity contribution is 0.271. The summed E-state index contributed by atoms with van der Waals surface area (Å²) in [5, 5.41) is 2.47. The summed E-state index contributed by atoms with van der Waals surface area (Å²) in [4.78, 5) is 14.4. The van der Waals surface area contributed by atoms with E-state index in [2.05, 4.69) is 58.1 Å². The lowest BCUT2D eigenvalue weighted by Crippen LogP contribution is -2.46. The zero-order valence-corrected chi connectivity index (χ0v) is 17.4. The molecule has 4 nitrogen and oxygen atoms in total. The molecule has 1 saturated heterocycles. The van der Waals surface area contributed by atoms with Gasteiger partial charge in [-0.1, -0.05) is 31.2 Å². The van der Waals surface area contributed by atoms with Crippen LogP contribution in [0.5, 0.6) is 0 Å². The molecule has 0 unspecified atom stereocenters. The molecule has 1 aromatic carbocycles. The smallest absolute Gasteiger partial charge is 0.137 e. The number of piperazine rings is 1. The van der Waals surface area contributed by atoms with Crippen molar-refractivity contribution in [1.29, 1.82) is 0 Å². The van der Waals surface area contributed by atoms with Crippen molar-refractivity contribution in [3.05, 3.63) is 54.4 Å². The second-order valence-electron chi connectivity index (χ2n) is 6.66. The molecule has 144 valence electrons. The number of aromatic nitrogens is 2. The number of rotatable bonds is 3. The van der Waals surface area contributed by atoms with Gasteiger partial charge in [-0.15, -0.1) is 24.8 Å². The number of pyridine rings is 2. The number of aryl methyl sites for hydroxylation is 1. The monoisotopic (exact) mass is 404 g/mol. The minimum absolute atomic E-state index is 0. The Kier molecular flexibility index (Phi) is 7.42. The predicted octanol–water partition coefficient (Wildman–Crippen LogP) is 4.59. The molecule has 0 radical (unpaired) electrons. The molecule has 3 heterocycles. The van der Waals surface area contributed by atoms with Gasteiger partial charge >= 0.3 is 0 Å². The molecule has 0 spiro atoms. The van der Waals surface area contributed by atoms with Crippen LogP contribution in [0.2, 0.25) is 0 Å². The van der Waals surface area contributed by atoms with Crippen molar-refractivity contribution >= 4 is 41.4 Å². The zero-order chi connectivity index (χ0) is 17.2. The minimum Gasteiger partial charge on any atom is -0.354 e. The van der Waals surface area contributed by atoms with E-state index in [0.29, 0.717) is 0 Å². The fourth-order valence-corrected chi connectivity index (χ4v) is 3.46. The Bertz CT molecular complexity index is 875. The average Bonchev–Trinajstić information content (AvgIpc) is 2.68. The topological polar surface area (TPSA) is 32.3 Å². The third-order valence-electron chi connectivity index (χ3n) is 5.05. The van der Waals surface area contributed by atoms with Crippen LogP contribution in [0.15, 0.2) is 48.7 Å². The second kappa shape index (κ2) is 9.36. The molecular weight excluding hydrogens is 379 g/mol. The van der Waals surface area contributed by atoms with E-state index < -0.39 is 0 Å². The van der Waals surface area contributed by atoms with Gasteiger partial charge in [0.25, 0.3) is 0 Å². The van der Waals surface area contributed by atoms with Crippen molar-refractivity contribution in [2.45, 2.75) is 13.8 Å². The summed E-state index contributed by atoms with van der Waals surface area (Å²) >= 11 is 0. The fraction of sp³-hybridized carbons (Fsp3) is 0.333. The second-order valence-corrected chi connectivity index (χ2v) is 6.66. The standard InChI is InChI=1S/C21H24N4.2ClH/c1-3-24-10-12-25(13-11-24)21-19-7-5-4-6-17(19)14-20(23-21)18-9-8-16(2)22-15-18;;/h4-9,14-15H,3,10-13H2,1-2H3;2*1H. The summed E-state index contributed by atoms with van der Waals surface area (Å²) in [5.74, 6) is 1.10. The molecule has 27 heavy (non-hydrogen) atoms. The van der Waals surface area contributed by atoms with Crippen molar-refractivity contribution in [1.82, 2.24) is 14.9 Å². The van der Waals surface area contributed by atoms with Gasteiger partial charge < -0.3 is 9.80 Å². The van der Waals surface area contributed by atoms with Crippen LogP contribution in [0, 0.1) is 6.92 Å². The molecule has 0 N–H and O–H groups in total. The molecule has 3 aromatic rings. The van der Waals surface area contributed by atoms with Crippen LogP contribution < -0.4 is 4.90 Å². The first-order chi connectivity index (χ1) is 12.2. The van der Waals surface area contributed by atoms with Crippen LogP contribution in [0.4, 0.5) is 5.82 Å². The van der Waals surface area contributed by atoms with Gasteiger partial charge in [0.2, 0.25) is 0 Å². The molecule has 1 aliphatic heterocycles. The molecule has 0 amide bonds. The third-order valence-corrected chi connectivity index (χ3v) is 5.05. The summed E-state index contributed by atoms with van der Waals surface area (Å²) in [6.07, 6.45) is 1.92. The van der Waals surface area contributed by atoms with E-state index in [1.165, 1.54) is 10.8 Å². The first kappa shape index (κ1) is 21.4. The Morgan fingerprint density at radius 2 is 1.70 bits per heavy atom. The molecule has 6 heteroatoms. The molecule has 0 aliphatic carbocycles. The van der Waals surface area contributed by atoms with E-state index >= 15 is 0 Å². The van der Waals surface area contributed by atoms with Gasteiger partial charge in [0.15, 0.2) is 0 Å². The number of anilines is 1. The first-order valence-corrected chi connectivity index (χ1v) is 9.04. The number of benzene rings is 1. The predicted molar refractivity (Wildman–Crippen MR) is 119 cm³/mol. The highest BCUT2D eigenvalue weighted by Gasteiger charge is 2.19. The van der Waals surface area contributed by atoms with Crippen LogP contribution in [-0.2, 0) is 0 Å². The Morgan fingerprint density at radius 1 is 0.963 bits per heavy atom. The molecule has 2 aromatic heterocycles. The summed E-state index contributed by atoms with van der Waals surface area (Å²) in [5.41, 5.74) is 3.10. The van der Waals surface area contributed by atoms with Gasteiger partial charge in [-0.3, -0.25) is 4.98 Å². The number of likely N-dealkylation sites (N-methyl/N-ethyl adjacent to an activating group) is 1. The molecule has 0 atom stereocenters. The van der Waals surface area contributed by atoms with E-state index in [0.717, 1.165) is 55.5 Å². The summed E-state index contributed by atoms with van der Waals surface area (Å²) in [7, 11) is 0. The van der Waals surface area contributed by atoms with Gasteiger partial charge in [-0.25, -0.2) is 4.98 Å². The van der Waals surface area contributed by atoms with Crippen molar-refractivity contribution in [3.8, 4) is 11.3 Å². The zero-order valence-electron chi connectivity index (χ0n) is 15.8. The highest BCUT2D eigenvalue weighted by atomic mass is 35.5. The van der Waals surface area contributed by atoms with E-state index in [4.69, 9.17) is 4.98 Å². The third kappa shape index (κ3) is 4.52. The number of hydrogen-bond donors (Lipinski definition) is 0. The van der Waals surface area contributed by atoms with Gasteiger partial charge in [0.1, 0.15) is 5.82 Å². The van der Waals surface area contributed by atoms with Crippen LogP contribution in [0.1, 0.15) is 12.6 Å². The lowest BCUT2D eigenvalue weighted by Gasteiger charge is -2.35. The van der Waals surface area contributed by atoms with E-state index in [1.54, 1.807) is 0 Å². The summed E-state index contributed by atoms with van der Waals surface area (Å²) in [6, 6.07) is 14.9. The molecule has 1 fully saturated rings. The number of hydrogen-bond acceptors (Lipinski definition) is 4. The van der Waals surface area contributed by atoms with Crippen molar-refractivity contribution in [2.75, 3.05) is 37.6 Å². The van der Waals surface area contributed by atoms with Gasteiger partial charge in [0, 0.05) is 49.0 Å². The Hall–Kier alpha value is -1.88. The van der Waals surface area contributed by atoms with Crippen LogP contribution in [-0.4, -0.2) is 47.6 Å². The number of nitrogens with zero attached hydrogens (tertiary/aromatic N) is 4. The van der Waals surface area contributed by atoms with Gasteiger partial charge in [-0.2, -0.15) is 0 Å². The Labute approximate surface area is 173 Å².